The van der Waals surface area contributed by atoms with Gasteiger partial charge in [-0.15, -0.1) is 11.3 Å². The Bertz CT molecular complexity index is 433. The summed E-state index contributed by atoms with van der Waals surface area (Å²) in [4.78, 5) is 27.6. The van der Waals surface area contributed by atoms with Crippen LogP contribution in [0.25, 0.3) is 0 Å². The highest BCUT2D eigenvalue weighted by atomic mass is 32.1. The molecule has 98 valence electrons. The lowest BCUT2D eigenvalue weighted by molar-refractivity contribution is -0.137. The van der Waals surface area contributed by atoms with Gasteiger partial charge in [0, 0.05) is 17.7 Å². The molecule has 1 aromatic heterocycles. The highest BCUT2D eigenvalue weighted by Crippen LogP contribution is 2.29. The van der Waals surface area contributed by atoms with Gasteiger partial charge < -0.3 is 10.4 Å². The monoisotopic (exact) mass is 268 g/mol. The molecule has 0 aliphatic heterocycles. The van der Waals surface area contributed by atoms with E-state index in [4.69, 9.17) is 5.11 Å². The number of nitrogens with zero attached hydrogens (tertiary/aromatic N) is 1. The van der Waals surface area contributed by atoms with Crippen LogP contribution in [-0.2, 0) is 22.4 Å². The summed E-state index contributed by atoms with van der Waals surface area (Å²) in [5.41, 5.74) is 1.12. The minimum absolute atomic E-state index is 0.0296. The Labute approximate surface area is 109 Å². The number of carboxylic acid groups (broad SMARTS) is 1. The highest BCUT2D eigenvalue weighted by Gasteiger charge is 2.16. The number of amides is 1. The van der Waals surface area contributed by atoms with E-state index in [1.807, 2.05) is 0 Å². The molecule has 6 heteroatoms. The van der Waals surface area contributed by atoms with E-state index in [1.54, 1.807) is 11.3 Å². The summed E-state index contributed by atoms with van der Waals surface area (Å²) in [7, 11) is 0. The molecule has 0 unspecified atom stereocenters. The lowest BCUT2D eigenvalue weighted by atomic mass is 10.0. The second-order valence-corrected chi connectivity index (χ2v) is 5.48. The third-order valence-electron chi connectivity index (χ3n) is 2.89. The first-order valence-electron chi connectivity index (χ1n) is 6.15. The van der Waals surface area contributed by atoms with Gasteiger partial charge in [-0.2, -0.15) is 0 Å². The molecule has 0 atom stereocenters. The summed E-state index contributed by atoms with van der Waals surface area (Å²) in [5, 5.41) is 11.9. The Balaban J connectivity index is 1.83. The fourth-order valence-electron chi connectivity index (χ4n) is 1.99. The van der Waals surface area contributed by atoms with E-state index in [0.29, 0.717) is 11.6 Å². The number of thiazole rings is 1. The maximum Gasteiger partial charge on any atom is 0.303 e. The number of aryl methyl sites for hydroxylation is 2. The van der Waals surface area contributed by atoms with Crippen LogP contribution in [0.4, 0.5) is 5.13 Å². The topological polar surface area (TPSA) is 79.3 Å². The first-order valence-corrected chi connectivity index (χ1v) is 6.97. The molecule has 0 spiro atoms. The molecule has 1 aliphatic rings. The average molecular weight is 268 g/mol. The van der Waals surface area contributed by atoms with Crippen LogP contribution in [0, 0.1) is 0 Å². The second kappa shape index (κ2) is 5.95. The van der Waals surface area contributed by atoms with Gasteiger partial charge in [0.1, 0.15) is 0 Å². The van der Waals surface area contributed by atoms with Crippen LogP contribution >= 0.6 is 11.3 Å². The summed E-state index contributed by atoms with van der Waals surface area (Å²) in [6, 6.07) is 0. The van der Waals surface area contributed by atoms with Crippen molar-refractivity contribution in [3.63, 3.8) is 0 Å². The predicted molar refractivity (Wildman–Crippen MR) is 68.9 cm³/mol. The quantitative estimate of drug-likeness (QED) is 0.858. The van der Waals surface area contributed by atoms with Crippen molar-refractivity contribution in [2.75, 3.05) is 5.32 Å². The molecule has 1 amide bonds. The summed E-state index contributed by atoms with van der Waals surface area (Å²) < 4.78 is 0. The summed E-state index contributed by atoms with van der Waals surface area (Å²) >= 11 is 1.54. The summed E-state index contributed by atoms with van der Waals surface area (Å²) in [6.45, 7) is 0. The molecule has 18 heavy (non-hydrogen) atoms. The van der Waals surface area contributed by atoms with Crippen molar-refractivity contribution in [2.45, 2.75) is 44.9 Å². The summed E-state index contributed by atoms with van der Waals surface area (Å²) in [5.74, 6) is -1.02. The zero-order valence-corrected chi connectivity index (χ0v) is 10.9. The molecule has 2 N–H and O–H groups in total. The van der Waals surface area contributed by atoms with Gasteiger partial charge in [-0.3, -0.25) is 9.59 Å². The van der Waals surface area contributed by atoms with Crippen molar-refractivity contribution in [3.05, 3.63) is 10.6 Å². The second-order valence-electron chi connectivity index (χ2n) is 4.39. The Morgan fingerprint density at radius 1 is 1.28 bits per heavy atom. The van der Waals surface area contributed by atoms with Crippen molar-refractivity contribution >= 4 is 28.3 Å². The molecule has 5 nitrogen and oxygen atoms in total. The number of carboxylic acids is 1. The normalized spacial score (nSPS) is 14.0. The van der Waals surface area contributed by atoms with Crippen molar-refractivity contribution < 1.29 is 14.7 Å². The van der Waals surface area contributed by atoms with E-state index < -0.39 is 5.97 Å². The number of hydrogen-bond donors (Lipinski definition) is 2. The molecule has 0 aromatic carbocycles. The van der Waals surface area contributed by atoms with Gasteiger partial charge in [0.05, 0.1) is 5.69 Å². The number of carbonyl (C=O) groups excluding carboxylic acids is 1. The van der Waals surface area contributed by atoms with Gasteiger partial charge in [-0.05, 0) is 32.1 Å². The van der Waals surface area contributed by atoms with Gasteiger partial charge in [0.25, 0.3) is 0 Å². The fraction of sp³-hybridized carbons (Fsp3) is 0.583. The maximum absolute atomic E-state index is 11.6. The first kappa shape index (κ1) is 13.0. The van der Waals surface area contributed by atoms with Gasteiger partial charge in [0.2, 0.25) is 5.91 Å². The number of hydrogen-bond acceptors (Lipinski definition) is 4. The maximum atomic E-state index is 11.6. The van der Waals surface area contributed by atoms with Crippen molar-refractivity contribution in [1.82, 2.24) is 4.98 Å². The Morgan fingerprint density at radius 2 is 2.06 bits per heavy atom. The van der Waals surface area contributed by atoms with Crippen molar-refractivity contribution in [3.8, 4) is 0 Å². The SMILES string of the molecule is O=C(O)CCCC(=O)Nc1nc2c(s1)CCCC2. The van der Waals surface area contributed by atoms with Crippen LogP contribution in [0.3, 0.4) is 0 Å². The molecule has 0 saturated heterocycles. The lowest BCUT2D eigenvalue weighted by Gasteiger charge is -2.06. The molecule has 0 fully saturated rings. The van der Waals surface area contributed by atoms with Crippen molar-refractivity contribution in [2.24, 2.45) is 0 Å². The highest BCUT2D eigenvalue weighted by molar-refractivity contribution is 7.15. The molecule has 2 rings (SSSR count). The summed E-state index contributed by atoms with van der Waals surface area (Å²) in [6.07, 6.45) is 5.05. The van der Waals surface area contributed by atoms with E-state index in [0.717, 1.165) is 18.5 Å². The molecule has 1 aromatic rings. The number of rotatable bonds is 5. The largest absolute Gasteiger partial charge is 0.481 e. The smallest absolute Gasteiger partial charge is 0.303 e. The number of nitrogens with one attached hydrogen (secondary N) is 1. The van der Waals surface area contributed by atoms with E-state index in [9.17, 15) is 9.59 Å². The van der Waals surface area contributed by atoms with E-state index in [1.165, 1.54) is 17.7 Å². The number of anilines is 1. The Kier molecular flexibility index (Phi) is 4.30. The van der Waals surface area contributed by atoms with E-state index in [-0.39, 0.29) is 18.7 Å². The molecule has 0 saturated carbocycles. The lowest BCUT2D eigenvalue weighted by Crippen LogP contribution is -2.11. The molecule has 0 radical (unpaired) electrons. The van der Waals surface area contributed by atoms with Crippen LogP contribution in [-0.4, -0.2) is 22.0 Å². The third-order valence-corrected chi connectivity index (χ3v) is 3.96. The Hall–Kier alpha value is -1.43. The number of carbonyl (C=O) groups is 2. The van der Waals surface area contributed by atoms with Gasteiger partial charge in [-0.25, -0.2) is 4.98 Å². The third kappa shape index (κ3) is 3.53. The Morgan fingerprint density at radius 3 is 2.78 bits per heavy atom. The number of aromatic nitrogens is 1. The first-order chi connectivity index (χ1) is 8.65. The predicted octanol–water partition coefficient (Wildman–Crippen LogP) is 2.22. The minimum Gasteiger partial charge on any atom is -0.481 e. The average Bonchev–Trinajstić information content (AvgIpc) is 2.70. The number of aliphatic carboxylic acids is 1. The molecule has 1 aliphatic carbocycles. The minimum atomic E-state index is -0.868. The van der Waals surface area contributed by atoms with E-state index >= 15 is 0 Å². The van der Waals surface area contributed by atoms with Crippen LogP contribution in [0.1, 0.15) is 42.7 Å². The van der Waals surface area contributed by atoms with Crippen LogP contribution < -0.4 is 5.32 Å². The van der Waals surface area contributed by atoms with Gasteiger partial charge in [-0.1, -0.05) is 0 Å². The fourth-order valence-corrected chi connectivity index (χ4v) is 3.05. The van der Waals surface area contributed by atoms with E-state index in [2.05, 4.69) is 10.3 Å². The molecular formula is C12H16N2O3S. The van der Waals surface area contributed by atoms with Gasteiger partial charge >= 0.3 is 5.97 Å². The van der Waals surface area contributed by atoms with Gasteiger partial charge in [0.15, 0.2) is 5.13 Å². The van der Waals surface area contributed by atoms with Crippen LogP contribution in [0.5, 0.6) is 0 Å². The standard InChI is InChI=1S/C12H16N2O3S/c15-10(6-3-7-11(16)17)14-12-13-8-4-1-2-5-9(8)18-12/h1-7H2,(H,16,17)(H,13,14,15). The molecule has 0 bridgehead atoms. The zero-order chi connectivity index (χ0) is 13.0. The number of fused-ring (bicyclic) bond motifs is 1. The van der Waals surface area contributed by atoms with Crippen LogP contribution in [0.2, 0.25) is 0 Å². The van der Waals surface area contributed by atoms with Crippen LogP contribution in [0.15, 0.2) is 0 Å². The van der Waals surface area contributed by atoms with Crippen molar-refractivity contribution in [1.29, 1.82) is 0 Å². The molecular weight excluding hydrogens is 252 g/mol. The zero-order valence-electron chi connectivity index (χ0n) is 10.1. The molecule has 1 heterocycles.